The molecule has 0 amide bonds. The minimum atomic E-state index is -3.50. The van der Waals surface area contributed by atoms with E-state index in [9.17, 15) is 8.42 Å². The van der Waals surface area contributed by atoms with Gasteiger partial charge in [0.05, 0.1) is 5.75 Å². The molecule has 0 aliphatic heterocycles. The van der Waals surface area contributed by atoms with Crippen molar-refractivity contribution >= 4 is 15.9 Å². The molecular formula is C13H21N3O3S. The Bertz CT molecular complexity index is 541. The summed E-state index contributed by atoms with van der Waals surface area (Å²) in [5.41, 5.74) is 6.21. The topological polar surface area (TPSA) is 105 Å². The standard InChI is InChI=1S/C13H21N3O3S/c1-10(2)8-9-20(18,19)16-12(13(14)15-17)11-6-4-3-5-7-11/h3-7,10,12,16-17H,8-9H2,1-2H3,(H2,14,15). The minimum Gasteiger partial charge on any atom is -0.409 e. The summed E-state index contributed by atoms with van der Waals surface area (Å²) < 4.78 is 26.5. The third-order valence-electron chi connectivity index (χ3n) is 2.81. The molecule has 0 fully saturated rings. The Morgan fingerprint density at radius 3 is 2.45 bits per heavy atom. The lowest BCUT2D eigenvalue weighted by Gasteiger charge is -2.18. The first-order valence-electron chi connectivity index (χ1n) is 6.38. The Kier molecular flexibility index (Phi) is 5.97. The predicted molar refractivity (Wildman–Crippen MR) is 79.0 cm³/mol. The number of nitrogens with two attached hydrogens (primary N) is 1. The molecule has 1 atom stereocenters. The molecule has 1 aromatic rings. The average Bonchev–Trinajstić information content (AvgIpc) is 2.43. The van der Waals surface area contributed by atoms with Gasteiger partial charge in [-0.15, -0.1) is 0 Å². The third kappa shape index (κ3) is 5.18. The van der Waals surface area contributed by atoms with Crippen molar-refractivity contribution in [2.24, 2.45) is 16.8 Å². The fourth-order valence-corrected chi connectivity index (χ4v) is 3.15. The van der Waals surface area contributed by atoms with E-state index in [0.717, 1.165) is 0 Å². The van der Waals surface area contributed by atoms with Gasteiger partial charge in [-0.25, -0.2) is 8.42 Å². The van der Waals surface area contributed by atoms with Gasteiger partial charge in [-0.05, 0) is 17.9 Å². The van der Waals surface area contributed by atoms with E-state index in [1.54, 1.807) is 30.3 Å². The van der Waals surface area contributed by atoms with E-state index in [-0.39, 0.29) is 17.5 Å². The molecule has 7 heteroatoms. The van der Waals surface area contributed by atoms with Gasteiger partial charge < -0.3 is 10.9 Å². The van der Waals surface area contributed by atoms with Crippen LogP contribution in [0, 0.1) is 5.92 Å². The van der Waals surface area contributed by atoms with E-state index >= 15 is 0 Å². The number of hydrogen-bond acceptors (Lipinski definition) is 4. The van der Waals surface area contributed by atoms with Crippen LogP contribution in [0.2, 0.25) is 0 Å². The molecule has 1 aromatic carbocycles. The maximum absolute atomic E-state index is 12.0. The molecule has 0 radical (unpaired) electrons. The lowest BCUT2D eigenvalue weighted by molar-refractivity contribution is 0.315. The SMILES string of the molecule is CC(C)CCS(=O)(=O)NC(C(N)=NO)c1ccccc1. The van der Waals surface area contributed by atoms with Gasteiger partial charge in [0.15, 0.2) is 5.84 Å². The number of nitrogens with one attached hydrogen (secondary N) is 1. The molecule has 0 aliphatic carbocycles. The second-order valence-corrected chi connectivity index (χ2v) is 6.86. The van der Waals surface area contributed by atoms with Crippen LogP contribution in [-0.4, -0.2) is 25.2 Å². The van der Waals surface area contributed by atoms with Gasteiger partial charge in [0.1, 0.15) is 6.04 Å². The fraction of sp³-hybridized carbons (Fsp3) is 0.462. The van der Waals surface area contributed by atoms with Gasteiger partial charge >= 0.3 is 0 Å². The van der Waals surface area contributed by atoms with Crippen molar-refractivity contribution < 1.29 is 13.6 Å². The zero-order valence-corrected chi connectivity index (χ0v) is 12.5. The Hall–Kier alpha value is -1.60. The third-order valence-corrected chi connectivity index (χ3v) is 4.17. The lowest BCUT2D eigenvalue weighted by Crippen LogP contribution is -2.39. The van der Waals surface area contributed by atoms with Crippen LogP contribution in [0.3, 0.4) is 0 Å². The molecule has 0 heterocycles. The van der Waals surface area contributed by atoms with Gasteiger partial charge in [-0.1, -0.05) is 49.3 Å². The van der Waals surface area contributed by atoms with Crippen LogP contribution in [0.25, 0.3) is 0 Å². The summed E-state index contributed by atoms with van der Waals surface area (Å²) in [6.07, 6.45) is 0.549. The van der Waals surface area contributed by atoms with Crippen molar-refractivity contribution in [1.82, 2.24) is 4.72 Å². The largest absolute Gasteiger partial charge is 0.409 e. The van der Waals surface area contributed by atoms with E-state index in [1.165, 1.54) is 0 Å². The van der Waals surface area contributed by atoms with Crippen LogP contribution in [0.5, 0.6) is 0 Å². The average molecular weight is 299 g/mol. The summed E-state index contributed by atoms with van der Waals surface area (Å²) in [5.74, 6) is 0.0992. The molecule has 1 rings (SSSR count). The van der Waals surface area contributed by atoms with Crippen molar-refractivity contribution in [3.05, 3.63) is 35.9 Å². The molecule has 0 saturated heterocycles. The van der Waals surface area contributed by atoms with Gasteiger partial charge in [0.2, 0.25) is 10.0 Å². The fourth-order valence-electron chi connectivity index (χ4n) is 1.63. The summed E-state index contributed by atoms with van der Waals surface area (Å²) >= 11 is 0. The van der Waals surface area contributed by atoms with Crippen molar-refractivity contribution in [2.45, 2.75) is 26.3 Å². The quantitative estimate of drug-likeness (QED) is 0.306. The van der Waals surface area contributed by atoms with Gasteiger partial charge in [-0.2, -0.15) is 4.72 Å². The molecule has 1 unspecified atom stereocenters. The predicted octanol–water partition coefficient (Wildman–Crippen LogP) is 1.44. The summed E-state index contributed by atoms with van der Waals surface area (Å²) in [6.45, 7) is 3.90. The number of amidine groups is 1. The highest BCUT2D eigenvalue weighted by atomic mass is 32.2. The highest BCUT2D eigenvalue weighted by Crippen LogP contribution is 2.15. The second kappa shape index (κ2) is 7.25. The second-order valence-electron chi connectivity index (χ2n) is 4.99. The molecule has 112 valence electrons. The molecule has 6 nitrogen and oxygen atoms in total. The number of hydrogen-bond donors (Lipinski definition) is 3. The van der Waals surface area contributed by atoms with Crippen LogP contribution in [0.4, 0.5) is 0 Å². The Morgan fingerprint density at radius 1 is 1.35 bits per heavy atom. The molecule has 0 saturated carbocycles. The van der Waals surface area contributed by atoms with Crippen LogP contribution in [0.1, 0.15) is 31.9 Å². The van der Waals surface area contributed by atoms with Gasteiger partial charge in [-0.3, -0.25) is 0 Å². The van der Waals surface area contributed by atoms with E-state index in [1.807, 2.05) is 13.8 Å². The Balaban J connectivity index is 2.92. The first kappa shape index (κ1) is 16.5. The lowest BCUT2D eigenvalue weighted by atomic mass is 10.1. The first-order valence-corrected chi connectivity index (χ1v) is 8.03. The normalized spacial score (nSPS) is 14.4. The van der Waals surface area contributed by atoms with E-state index in [0.29, 0.717) is 12.0 Å². The molecule has 0 aliphatic rings. The van der Waals surface area contributed by atoms with E-state index in [2.05, 4.69) is 9.88 Å². The highest BCUT2D eigenvalue weighted by molar-refractivity contribution is 7.89. The molecule has 4 N–H and O–H groups in total. The van der Waals surface area contributed by atoms with Crippen LogP contribution < -0.4 is 10.5 Å². The Morgan fingerprint density at radius 2 is 1.95 bits per heavy atom. The molecule has 0 aromatic heterocycles. The maximum atomic E-state index is 12.0. The van der Waals surface area contributed by atoms with Crippen molar-refractivity contribution in [3.63, 3.8) is 0 Å². The number of sulfonamides is 1. The maximum Gasteiger partial charge on any atom is 0.212 e. The van der Waals surface area contributed by atoms with Gasteiger partial charge in [0.25, 0.3) is 0 Å². The number of benzene rings is 1. The van der Waals surface area contributed by atoms with Crippen molar-refractivity contribution in [2.75, 3.05) is 5.75 Å². The highest BCUT2D eigenvalue weighted by Gasteiger charge is 2.23. The molecule has 20 heavy (non-hydrogen) atoms. The number of rotatable bonds is 7. The molecular weight excluding hydrogens is 278 g/mol. The zero-order chi connectivity index (χ0) is 15.2. The monoisotopic (exact) mass is 299 g/mol. The smallest absolute Gasteiger partial charge is 0.212 e. The van der Waals surface area contributed by atoms with Crippen LogP contribution in [0.15, 0.2) is 35.5 Å². The van der Waals surface area contributed by atoms with Crippen LogP contribution >= 0.6 is 0 Å². The van der Waals surface area contributed by atoms with Crippen molar-refractivity contribution in [3.8, 4) is 0 Å². The number of oxime groups is 1. The Labute approximate surface area is 119 Å². The molecule has 0 bridgehead atoms. The summed E-state index contributed by atoms with van der Waals surface area (Å²) in [5, 5.41) is 11.7. The van der Waals surface area contributed by atoms with E-state index < -0.39 is 16.1 Å². The summed E-state index contributed by atoms with van der Waals surface area (Å²) in [6, 6.07) is 7.89. The first-order chi connectivity index (χ1) is 9.35. The zero-order valence-electron chi connectivity index (χ0n) is 11.7. The summed E-state index contributed by atoms with van der Waals surface area (Å²) in [4.78, 5) is 0. The van der Waals surface area contributed by atoms with E-state index in [4.69, 9.17) is 10.9 Å². The van der Waals surface area contributed by atoms with Crippen LogP contribution in [-0.2, 0) is 10.0 Å². The summed E-state index contributed by atoms with van der Waals surface area (Å²) in [7, 11) is -3.50. The number of nitrogens with zero attached hydrogens (tertiary/aromatic N) is 1. The van der Waals surface area contributed by atoms with Gasteiger partial charge in [0, 0.05) is 0 Å². The minimum absolute atomic E-state index is 0.00666. The molecule has 0 spiro atoms. The van der Waals surface area contributed by atoms with Crippen molar-refractivity contribution in [1.29, 1.82) is 0 Å².